The second kappa shape index (κ2) is 9.67. The molecule has 3 aromatic carbocycles. The number of amides is 1. The highest BCUT2D eigenvalue weighted by Crippen LogP contribution is 2.28. The SMILES string of the molecule is O=C(COc1ccccc1-c1nc(CCc2ccccc2)no1)Nc1ccccc1F. The Morgan fingerprint density at radius 1 is 0.935 bits per heavy atom. The number of hydrogen-bond acceptors (Lipinski definition) is 5. The molecule has 0 fully saturated rings. The predicted molar refractivity (Wildman–Crippen MR) is 114 cm³/mol. The molecule has 0 spiro atoms. The number of aromatic nitrogens is 2. The fourth-order valence-corrected chi connectivity index (χ4v) is 3.03. The fourth-order valence-electron chi connectivity index (χ4n) is 3.03. The van der Waals surface area contributed by atoms with E-state index in [1.165, 1.54) is 17.7 Å². The monoisotopic (exact) mass is 417 g/mol. The molecule has 0 radical (unpaired) electrons. The first-order valence-corrected chi connectivity index (χ1v) is 9.82. The number of rotatable bonds is 8. The van der Waals surface area contributed by atoms with Crippen molar-refractivity contribution in [3.8, 4) is 17.2 Å². The first kappa shape index (κ1) is 20.3. The number of para-hydroxylation sites is 2. The highest BCUT2D eigenvalue weighted by atomic mass is 19.1. The molecule has 0 saturated heterocycles. The van der Waals surface area contributed by atoms with Crippen molar-refractivity contribution in [2.75, 3.05) is 11.9 Å². The van der Waals surface area contributed by atoms with Crippen LogP contribution >= 0.6 is 0 Å². The van der Waals surface area contributed by atoms with Gasteiger partial charge >= 0.3 is 0 Å². The van der Waals surface area contributed by atoms with Crippen molar-refractivity contribution in [1.29, 1.82) is 0 Å². The molecule has 31 heavy (non-hydrogen) atoms. The van der Waals surface area contributed by atoms with E-state index in [9.17, 15) is 9.18 Å². The Hall–Kier alpha value is -4.00. The summed E-state index contributed by atoms with van der Waals surface area (Å²) in [7, 11) is 0. The Labute approximate surface area is 178 Å². The van der Waals surface area contributed by atoms with Crippen LogP contribution in [0.4, 0.5) is 10.1 Å². The number of nitrogens with zero attached hydrogens (tertiary/aromatic N) is 2. The van der Waals surface area contributed by atoms with Crippen LogP contribution in [-0.4, -0.2) is 22.7 Å². The summed E-state index contributed by atoms with van der Waals surface area (Å²) in [6.45, 7) is -0.291. The largest absolute Gasteiger partial charge is 0.483 e. The Bertz CT molecular complexity index is 1160. The second-order valence-corrected chi connectivity index (χ2v) is 6.81. The van der Waals surface area contributed by atoms with Crippen molar-refractivity contribution in [3.05, 3.63) is 96.1 Å². The van der Waals surface area contributed by atoms with Gasteiger partial charge in [-0.3, -0.25) is 4.79 Å². The lowest BCUT2D eigenvalue weighted by Gasteiger charge is -2.10. The van der Waals surface area contributed by atoms with Crippen molar-refractivity contribution in [3.63, 3.8) is 0 Å². The van der Waals surface area contributed by atoms with E-state index < -0.39 is 11.7 Å². The molecule has 0 unspecified atom stereocenters. The third-order valence-corrected chi connectivity index (χ3v) is 4.57. The quantitative estimate of drug-likeness (QED) is 0.451. The van der Waals surface area contributed by atoms with Crippen LogP contribution in [-0.2, 0) is 17.6 Å². The minimum Gasteiger partial charge on any atom is -0.483 e. The van der Waals surface area contributed by atoms with Gasteiger partial charge in [-0.05, 0) is 36.2 Å². The zero-order valence-corrected chi connectivity index (χ0v) is 16.6. The molecular weight excluding hydrogens is 397 g/mol. The van der Waals surface area contributed by atoms with Gasteiger partial charge in [0.2, 0.25) is 0 Å². The van der Waals surface area contributed by atoms with E-state index >= 15 is 0 Å². The van der Waals surface area contributed by atoms with Gasteiger partial charge in [0.1, 0.15) is 11.6 Å². The molecule has 1 heterocycles. The molecule has 1 aromatic heterocycles. The number of benzene rings is 3. The molecule has 0 aliphatic rings. The predicted octanol–water partition coefficient (Wildman–Crippen LogP) is 4.68. The van der Waals surface area contributed by atoms with E-state index in [4.69, 9.17) is 9.26 Å². The van der Waals surface area contributed by atoms with Crippen LogP contribution in [0, 0.1) is 5.82 Å². The molecule has 0 aliphatic carbocycles. The van der Waals surface area contributed by atoms with Crippen LogP contribution in [0.1, 0.15) is 11.4 Å². The van der Waals surface area contributed by atoms with Gasteiger partial charge in [-0.2, -0.15) is 4.98 Å². The lowest BCUT2D eigenvalue weighted by Crippen LogP contribution is -2.20. The van der Waals surface area contributed by atoms with Gasteiger partial charge in [-0.1, -0.05) is 59.8 Å². The number of nitrogens with one attached hydrogen (secondary N) is 1. The first-order chi connectivity index (χ1) is 15.2. The lowest BCUT2D eigenvalue weighted by atomic mass is 10.1. The molecule has 0 atom stereocenters. The van der Waals surface area contributed by atoms with Gasteiger partial charge in [-0.25, -0.2) is 4.39 Å². The standard InChI is InChI=1S/C24H20FN3O3/c25-19-11-5-6-12-20(19)26-23(29)16-30-21-13-7-4-10-18(21)24-27-22(28-31-24)15-14-17-8-2-1-3-9-17/h1-13H,14-16H2,(H,26,29). The summed E-state index contributed by atoms with van der Waals surface area (Å²) in [5, 5.41) is 6.53. The summed E-state index contributed by atoms with van der Waals surface area (Å²) in [6, 6.07) is 23.1. The highest BCUT2D eigenvalue weighted by Gasteiger charge is 2.15. The number of halogens is 1. The van der Waals surface area contributed by atoms with Crippen LogP contribution < -0.4 is 10.1 Å². The number of anilines is 1. The summed E-state index contributed by atoms with van der Waals surface area (Å²) < 4.78 is 24.7. The third-order valence-electron chi connectivity index (χ3n) is 4.57. The highest BCUT2D eigenvalue weighted by molar-refractivity contribution is 5.92. The van der Waals surface area contributed by atoms with Gasteiger partial charge in [-0.15, -0.1) is 0 Å². The maximum atomic E-state index is 13.7. The number of aryl methyl sites for hydroxylation is 2. The Morgan fingerprint density at radius 2 is 1.68 bits per heavy atom. The van der Waals surface area contributed by atoms with E-state index in [1.54, 1.807) is 30.3 Å². The maximum absolute atomic E-state index is 13.7. The van der Waals surface area contributed by atoms with E-state index in [0.717, 1.165) is 6.42 Å². The molecule has 0 aliphatic heterocycles. The lowest BCUT2D eigenvalue weighted by molar-refractivity contribution is -0.118. The van der Waals surface area contributed by atoms with Crippen LogP contribution in [0.2, 0.25) is 0 Å². The summed E-state index contributed by atoms with van der Waals surface area (Å²) in [6.07, 6.45) is 1.44. The molecule has 1 amide bonds. The van der Waals surface area contributed by atoms with Gasteiger partial charge in [0, 0.05) is 6.42 Å². The first-order valence-electron chi connectivity index (χ1n) is 9.82. The van der Waals surface area contributed by atoms with Crippen molar-refractivity contribution in [2.24, 2.45) is 0 Å². The van der Waals surface area contributed by atoms with Gasteiger partial charge < -0.3 is 14.6 Å². The number of carbonyl (C=O) groups excluding carboxylic acids is 1. The fraction of sp³-hybridized carbons (Fsp3) is 0.125. The van der Waals surface area contributed by atoms with Crippen LogP contribution in [0.5, 0.6) is 5.75 Å². The molecule has 4 rings (SSSR count). The number of carbonyl (C=O) groups is 1. The molecule has 4 aromatic rings. The topological polar surface area (TPSA) is 77.2 Å². The van der Waals surface area contributed by atoms with Crippen molar-refractivity contribution >= 4 is 11.6 Å². The second-order valence-electron chi connectivity index (χ2n) is 6.81. The van der Waals surface area contributed by atoms with Gasteiger partial charge in [0.15, 0.2) is 12.4 Å². The Kier molecular flexibility index (Phi) is 6.32. The maximum Gasteiger partial charge on any atom is 0.262 e. The third kappa shape index (κ3) is 5.33. The van der Waals surface area contributed by atoms with Crippen LogP contribution in [0.15, 0.2) is 83.4 Å². The Morgan fingerprint density at radius 3 is 2.52 bits per heavy atom. The van der Waals surface area contributed by atoms with E-state index in [2.05, 4.69) is 27.6 Å². The van der Waals surface area contributed by atoms with Gasteiger partial charge in [0.25, 0.3) is 11.8 Å². The zero-order chi connectivity index (χ0) is 21.5. The van der Waals surface area contributed by atoms with Gasteiger partial charge in [0.05, 0.1) is 11.3 Å². The molecule has 0 saturated carbocycles. The van der Waals surface area contributed by atoms with E-state index in [1.807, 2.05) is 24.3 Å². The molecule has 6 nitrogen and oxygen atoms in total. The molecule has 0 bridgehead atoms. The molecule has 7 heteroatoms. The van der Waals surface area contributed by atoms with Crippen molar-refractivity contribution < 1.29 is 18.4 Å². The normalized spacial score (nSPS) is 10.6. The van der Waals surface area contributed by atoms with Crippen molar-refractivity contribution in [2.45, 2.75) is 12.8 Å². The average Bonchev–Trinajstić information content (AvgIpc) is 3.28. The summed E-state index contributed by atoms with van der Waals surface area (Å²) >= 11 is 0. The van der Waals surface area contributed by atoms with Crippen LogP contribution in [0.25, 0.3) is 11.5 Å². The Balaban J connectivity index is 1.40. The van der Waals surface area contributed by atoms with E-state index in [-0.39, 0.29) is 12.3 Å². The molecule has 156 valence electrons. The average molecular weight is 417 g/mol. The van der Waals surface area contributed by atoms with Crippen LogP contribution in [0.3, 0.4) is 0 Å². The number of hydrogen-bond donors (Lipinski definition) is 1. The summed E-state index contributed by atoms with van der Waals surface area (Å²) in [4.78, 5) is 16.6. The smallest absolute Gasteiger partial charge is 0.262 e. The minimum atomic E-state index is -0.509. The minimum absolute atomic E-state index is 0.101. The van der Waals surface area contributed by atoms with E-state index in [0.29, 0.717) is 29.4 Å². The van der Waals surface area contributed by atoms with Crippen molar-refractivity contribution in [1.82, 2.24) is 10.1 Å². The zero-order valence-electron chi connectivity index (χ0n) is 16.6. The summed E-state index contributed by atoms with van der Waals surface area (Å²) in [5.41, 5.74) is 1.88. The molecular formula is C24H20FN3O3. The summed E-state index contributed by atoms with van der Waals surface area (Å²) in [5.74, 6) is 0.336. The molecule has 1 N–H and O–H groups in total. The number of ether oxygens (including phenoxy) is 1.